The van der Waals surface area contributed by atoms with Gasteiger partial charge in [-0.3, -0.25) is 19.5 Å². The van der Waals surface area contributed by atoms with Gasteiger partial charge in [0.1, 0.15) is 11.8 Å². The van der Waals surface area contributed by atoms with Crippen LogP contribution in [0.2, 0.25) is 0 Å². The minimum absolute atomic E-state index is 0.0609. The third kappa shape index (κ3) is 5.40. The molecule has 0 amide bonds. The average Bonchev–Trinajstić information content (AvgIpc) is 3.26. The Balaban J connectivity index is 1.72. The van der Waals surface area contributed by atoms with Gasteiger partial charge in [-0.2, -0.15) is 0 Å². The molecule has 12 heteroatoms. The molecule has 1 unspecified atom stereocenters. The van der Waals surface area contributed by atoms with Gasteiger partial charge in [0.25, 0.3) is 11.2 Å². The molecule has 0 bridgehead atoms. The van der Waals surface area contributed by atoms with E-state index in [0.717, 1.165) is 31.9 Å². The highest BCUT2D eigenvalue weighted by molar-refractivity contribution is 7.07. The average molecular weight is 578 g/mol. The van der Waals surface area contributed by atoms with Crippen molar-refractivity contribution in [3.8, 4) is 5.75 Å². The number of thiazole rings is 1. The summed E-state index contributed by atoms with van der Waals surface area (Å²) in [6.45, 7) is 6.83. The molecule has 2 aromatic carbocycles. The molecule has 1 fully saturated rings. The van der Waals surface area contributed by atoms with Crippen molar-refractivity contribution in [2.75, 3.05) is 51.8 Å². The van der Waals surface area contributed by atoms with Crippen LogP contribution in [0.1, 0.15) is 31.0 Å². The maximum atomic E-state index is 14.1. The predicted octanol–water partition coefficient (Wildman–Crippen LogP) is 2.47. The minimum Gasteiger partial charge on any atom is -0.496 e. The number of carbonyl (C=O) groups is 1. The van der Waals surface area contributed by atoms with E-state index in [2.05, 4.69) is 21.8 Å². The Bertz CT molecular complexity index is 1720. The van der Waals surface area contributed by atoms with Crippen LogP contribution in [0.5, 0.6) is 5.75 Å². The fourth-order valence-electron chi connectivity index (χ4n) is 5.23. The van der Waals surface area contributed by atoms with Crippen molar-refractivity contribution < 1.29 is 19.2 Å². The van der Waals surface area contributed by atoms with Crippen LogP contribution in [0.4, 0.5) is 11.4 Å². The summed E-state index contributed by atoms with van der Waals surface area (Å²) in [7, 11) is 3.59. The lowest BCUT2D eigenvalue weighted by molar-refractivity contribution is -0.384. The number of likely N-dealkylation sites (N-methyl/N-ethyl adjacent to an activating group) is 1. The van der Waals surface area contributed by atoms with Crippen molar-refractivity contribution in [1.29, 1.82) is 0 Å². The van der Waals surface area contributed by atoms with Crippen molar-refractivity contribution in [1.82, 2.24) is 9.47 Å². The van der Waals surface area contributed by atoms with Crippen LogP contribution in [-0.4, -0.2) is 67.3 Å². The number of hydrogen-bond acceptors (Lipinski definition) is 10. The summed E-state index contributed by atoms with van der Waals surface area (Å²) in [6, 6.07) is 11.1. The Morgan fingerprint density at radius 2 is 1.93 bits per heavy atom. The van der Waals surface area contributed by atoms with Gasteiger partial charge in [0.05, 0.1) is 34.4 Å². The molecule has 1 aromatic heterocycles. The molecule has 214 valence electrons. The lowest BCUT2D eigenvalue weighted by Gasteiger charge is -2.34. The van der Waals surface area contributed by atoms with E-state index in [1.54, 1.807) is 32.1 Å². The third-order valence-corrected chi connectivity index (χ3v) is 8.29. The number of nitrogens with zero attached hydrogens (tertiary/aromatic N) is 5. The second-order valence-electron chi connectivity index (χ2n) is 9.83. The van der Waals surface area contributed by atoms with E-state index >= 15 is 0 Å². The number of piperazine rings is 1. The van der Waals surface area contributed by atoms with Crippen molar-refractivity contribution in [2.24, 2.45) is 4.99 Å². The molecule has 2 aliphatic heterocycles. The smallest absolute Gasteiger partial charge is 0.338 e. The number of fused-ring (bicyclic) bond motifs is 1. The highest BCUT2D eigenvalue weighted by Gasteiger charge is 2.35. The van der Waals surface area contributed by atoms with Crippen molar-refractivity contribution in [3.05, 3.63) is 94.7 Å². The zero-order valence-electron chi connectivity index (χ0n) is 23.3. The van der Waals surface area contributed by atoms with Gasteiger partial charge < -0.3 is 19.3 Å². The Hall–Kier alpha value is -4.29. The molecular weight excluding hydrogens is 546 g/mol. The highest BCUT2D eigenvalue weighted by Crippen LogP contribution is 2.35. The first kappa shape index (κ1) is 28.2. The molecule has 3 heterocycles. The number of carbonyl (C=O) groups excluding carboxylic acids is 1. The summed E-state index contributed by atoms with van der Waals surface area (Å²) in [4.78, 5) is 47.9. The zero-order chi connectivity index (χ0) is 29.3. The number of para-hydroxylation sites is 1. The molecule has 41 heavy (non-hydrogen) atoms. The monoisotopic (exact) mass is 577 g/mol. The van der Waals surface area contributed by atoms with Gasteiger partial charge in [0.2, 0.25) is 0 Å². The predicted molar refractivity (Wildman–Crippen MR) is 156 cm³/mol. The number of rotatable bonds is 7. The maximum Gasteiger partial charge on any atom is 0.338 e. The van der Waals surface area contributed by atoms with Gasteiger partial charge in [-0.1, -0.05) is 29.5 Å². The number of benzene rings is 2. The van der Waals surface area contributed by atoms with Crippen LogP contribution in [0.3, 0.4) is 0 Å². The first-order chi connectivity index (χ1) is 19.7. The maximum absolute atomic E-state index is 14.1. The van der Waals surface area contributed by atoms with E-state index in [4.69, 9.17) is 9.47 Å². The Kier molecular flexibility index (Phi) is 8.04. The first-order valence-electron chi connectivity index (χ1n) is 13.3. The van der Waals surface area contributed by atoms with Crippen LogP contribution in [0, 0.1) is 10.1 Å². The van der Waals surface area contributed by atoms with Gasteiger partial charge >= 0.3 is 5.97 Å². The van der Waals surface area contributed by atoms with E-state index in [9.17, 15) is 19.7 Å². The topological polar surface area (TPSA) is 120 Å². The number of esters is 1. The van der Waals surface area contributed by atoms with Gasteiger partial charge in [-0.05, 0) is 39.1 Å². The molecule has 0 N–H and O–H groups in total. The molecule has 0 aliphatic carbocycles. The number of nitro groups is 1. The number of nitro benzene ring substituents is 1. The van der Waals surface area contributed by atoms with Crippen LogP contribution < -0.4 is 24.5 Å². The van der Waals surface area contributed by atoms with Crippen molar-refractivity contribution >= 4 is 34.8 Å². The molecule has 0 radical (unpaired) electrons. The van der Waals surface area contributed by atoms with E-state index in [1.165, 1.54) is 35.1 Å². The molecule has 2 aliphatic rings. The van der Waals surface area contributed by atoms with Crippen LogP contribution in [0.25, 0.3) is 6.08 Å². The van der Waals surface area contributed by atoms with E-state index in [1.807, 2.05) is 18.2 Å². The molecule has 0 saturated carbocycles. The summed E-state index contributed by atoms with van der Waals surface area (Å²) in [6.07, 6.45) is 1.69. The lowest BCUT2D eigenvalue weighted by atomic mass is 9.95. The molecular formula is C29H31N5O6S. The number of allylic oxidation sites excluding steroid dienone is 1. The van der Waals surface area contributed by atoms with Crippen LogP contribution >= 0.6 is 11.3 Å². The van der Waals surface area contributed by atoms with E-state index in [0.29, 0.717) is 31.9 Å². The highest BCUT2D eigenvalue weighted by atomic mass is 32.1. The number of aromatic nitrogens is 1. The van der Waals surface area contributed by atoms with Crippen molar-refractivity contribution in [3.63, 3.8) is 0 Å². The van der Waals surface area contributed by atoms with Gasteiger partial charge in [0, 0.05) is 55.1 Å². The second kappa shape index (κ2) is 11.7. The van der Waals surface area contributed by atoms with E-state index in [-0.39, 0.29) is 23.4 Å². The second-order valence-corrected chi connectivity index (χ2v) is 10.8. The number of ether oxygens (including phenoxy) is 2. The summed E-state index contributed by atoms with van der Waals surface area (Å²) < 4.78 is 12.8. The minimum atomic E-state index is -0.828. The van der Waals surface area contributed by atoms with E-state index < -0.39 is 16.9 Å². The summed E-state index contributed by atoms with van der Waals surface area (Å²) in [5.41, 5.74) is 2.28. The lowest BCUT2D eigenvalue weighted by Crippen LogP contribution is -2.44. The SMILES string of the molecule is CCOC(=O)C1=C(C)N=c2sc(=Cc3cc([N+](=O)[O-])ccc3N3CCN(C)CC3)c(=O)n2C1c1ccccc1OC. The normalized spacial score (nSPS) is 17.7. The standard InChI is InChI=1S/C29H31N5O6S/c1-5-40-28(36)25-18(2)30-29-33(26(25)21-8-6-7-9-23(21)39-4)27(35)24(41-29)17-19-16-20(34(37)38)10-11-22(19)32-14-12-31(3)13-15-32/h6-11,16-17,26H,5,12-15H2,1-4H3. The molecule has 3 aromatic rings. The van der Waals surface area contributed by atoms with Gasteiger partial charge in [0.15, 0.2) is 4.80 Å². The molecule has 1 saturated heterocycles. The fourth-order valence-corrected chi connectivity index (χ4v) is 6.26. The van der Waals surface area contributed by atoms with Crippen LogP contribution in [0.15, 0.2) is 63.5 Å². The number of anilines is 1. The number of methoxy groups -OCH3 is 1. The Morgan fingerprint density at radius 1 is 1.20 bits per heavy atom. The quantitative estimate of drug-likeness (QED) is 0.239. The largest absolute Gasteiger partial charge is 0.496 e. The Labute approximate surface area is 240 Å². The molecule has 1 atom stereocenters. The van der Waals surface area contributed by atoms with Crippen molar-refractivity contribution in [2.45, 2.75) is 19.9 Å². The van der Waals surface area contributed by atoms with Gasteiger partial charge in [-0.15, -0.1) is 0 Å². The number of hydrogen-bond donors (Lipinski definition) is 0. The van der Waals surface area contributed by atoms with Crippen LogP contribution in [-0.2, 0) is 9.53 Å². The molecule has 0 spiro atoms. The first-order valence-corrected chi connectivity index (χ1v) is 14.1. The molecule has 5 rings (SSSR count). The molecule has 11 nitrogen and oxygen atoms in total. The van der Waals surface area contributed by atoms with Gasteiger partial charge in [-0.25, -0.2) is 9.79 Å². The summed E-state index contributed by atoms with van der Waals surface area (Å²) in [5, 5.41) is 11.6. The Morgan fingerprint density at radius 3 is 2.61 bits per heavy atom. The summed E-state index contributed by atoms with van der Waals surface area (Å²) >= 11 is 1.17. The zero-order valence-corrected chi connectivity index (χ0v) is 24.1. The number of non-ortho nitro benzene ring substituents is 1. The third-order valence-electron chi connectivity index (χ3n) is 7.30. The summed E-state index contributed by atoms with van der Waals surface area (Å²) in [5.74, 6) is -0.0467. The fraction of sp³-hybridized carbons (Fsp3) is 0.345.